The van der Waals surface area contributed by atoms with Crippen LogP contribution < -0.4 is 0 Å². The van der Waals surface area contributed by atoms with Crippen LogP contribution in [-0.2, 0) is 4.57 Å². The van der Waals surface area contributed by atoms with E-state index in [1.807, 2.05) is 0 Å². The van der Waals surface area contributed by atoms with Gasteiger partial charge in [-0.1, -0.05) is 20.8 Å². The first kappa shape index (κ1) is 24.6. The largest absolute Gasteiger partial charge is 0.466 e. The Morgan fingerprint density at radius 2 is 0.857 bits per heavy atom. The van der Waals surface area contributed by atoms with E-state index in [9.17, 15) is 0 Å². The molecule has 0 fully saturated rings. The third-order valence-electron chi connectivity index (χ3n) is 0. The monoisotopic (exact) mass is 284 g/mol. The van der Waals surface area contributed by atoms with Crippen LogP contribution in [0.25, 0.3) is 0 Å². The standard InChI is InChI=1S/3C2H7P.H3O4P/c3*1-2-3;1-5(2,3)4/h3*2-3H2,1H3;(H3,1,2,3,4). The molecule has 0 heterocycles. The fourth-order valence-corrected chi connectivity index (χ4v) is 0. The molecule has 0 aromatic carbocycles. The summed E-state index contributed by atoms with van der Waals surface area (Å²) in [4.78, 5) is 21.6. The molecule has 0 saturated carbocycles. The van der Waals surface area contributed by atoms with Crippen molar-refractivity contribution in [1.29, 1.82) is 0 Å². The highest BCUT2D eigenvalue weighted by Gasteiger charge is 2.00. The zero-order chi connectivity index (χ0) is 12.6. The first-order chi connectivity index (χ1) is 6.24. The maximum atomic E-state index is 8.88. The van der Waals surface area contributed by atoms with E-state index < -0.39 is 7.82 Å². The third-order valence-corrected chi connectivity index (χ3v) is 0. The molecule has 0 spiro atoms. The van der Waals surface area contributed by atoms with E-state index in [1.165, 1.54) is 18.5 Å². The van der Waals surface area contributed by atoms with Crippen LogP contribution in [0, 0.1) is 0 Å². The lowest BCUT2D eigenvalue weighted by Crippen LogP contribution is -1.66. The van der Waals surface area contributed by atoms with Gasteiger partial charge in [-0.3, -0.25) is 0 Å². The molecule has 0 amide bonds. The molecule has 0 bridgehead atoms. The average molecular weight is 284 g/mol. The molecule has 0 radical (unpaired) electrons. The second-order valence-electron chi connectivity index (χ2n) is 1.74. The van der Waals surface area contributed by atoms with Crippen molar-refractivity contribution >= 4 is 35.5 Å². The van der Waals surface area contributed by atoms with E-state index in [1.54, 1.807) is 0 Å². The number of rotatable bonds is 0. The van der Waals surface area contributed by atoms with Crippen LogP contribution >= 0.6 is 35.5 Å². The summed E-state index contributed by atoms with van der Waals surface area (Å²) in [5.74, 6) is 0. The molecule has 14 heavy (non-hydrogen) atoms. The lowest BCUT2D eigenvalue weighted by atomic mass is 11.0. The van der Waals surface area contributed by atoms with Gasteiger partial charge < -0.3 is 14.7 Å². The molecular formula is C6H24O4P4. The van der Waals surface area contributed by atoms with Crippen molar-refractivity contribution < 1.29 is 19.2 Å². The van der Waals surface area contributed by atoms with Crippen LogP contribution in [0.5, 0.6) is 0 Å². The van der Waals surface area contributed by atoms with E-state index in [-0.39, 0.29) is 0 Å². The topological polar surface area (TPSA) is 77.8 Å². The van der Waals surface area contributed by atoms with Gasteiger partial charge in [0.2, 0.25) is 0 Å². The molecule has 0 aliphatic heterocycles. The van der Waals surface area contributed by atoms with Gasteiger partial charge in [-0.05, 0) is 18.5 Å². The van der Waals surface area contributed by atoms with Crippen LogP contribution in [0.3, 0.4) is 0 Å². The number of hydrogen-bond acceptors (Lipinski definition) is 1. The summed E-state index contributed by atoms with van der Waals surface area (Å²) in [5, 5.41) is 0. The summed E-state index contributed by atoms with van der Waals surface area (Å²) >= 11 is 0. The molecule has 0 aliphatic carbocycles. The summed E-state index contributed by atoms with van der Waals surface area (Å²) in [5.41, 5.74) is 0. The van der Waals surface area contributed by atoms with Crippen LogP contribution in [0.15, 0.2) is 0 Å². The number of hydrogen-bond donors (Lipinski definition) is 3. The van der Waals surface area contributed by atoms with Gasteiger partial charge in [0.1, 0.15) is 0 Å². The molecule has 8 heteroatoms. The van der Waals surface area contributed by atoms with Crippen molar-refractivity contribution in [2.75, 3.05) is 18.5 Å². The Morgan fingerprint density at radius 3 is 0.857 bits per heavy atom. The second kappa shape index (κ2) is 23.9. The maximum Gasteiger partial charge on any atom is 0.466 e. The van der Waals surface area contributed by atoms with Crippen molar-refractivity contribution in [3.05, 3.63) is 0 Å². The summed E-state index contributed by atoms with van der Waals surface area (Å²) in [7, 11) is 3.10. The Kier molecular flexibility index (Phi) is 42.0. The molecule has 0 aromatic rings. The highest BCUT2D eigenvalue weighted by Crippen LogP contribution is 2.25. The van der Waals surface area contributed by atoms with Crippen molar-refractivity contribution in [3.63, 3.8) is 0 Å². The Labute approximate surface area is 94.5 Å². The average Bonchev–Trinajstić information content (AvgIpc) is 1.86. The minimum absolute atomic E-state index is 1.17. The predicted molar refractivity (Wildman–Crippen MR) is 75.0 cm³/mol. The van der Waals surface area contributed by atoms with Crippen molar-refractivity contribution in [2.24, 2.45) is 0 Å². The zero-order valence-electron chi connectivity index (χ0n) is 9.05. The highest BCUT2D eigenvalue weighted by atomic mass is 31.2. The van der Waals surface area contributed by atoms with Crippen molar-refractivity contribution in [1.82, 2.24) is 0 Å². The number of phosphoric acid groups is 1. The summed E-state index contributed by atoms with van der Waals surface area (Å²) < 4.78 is 8.88. The normalized spacial score (nSPS) is 8.07. The van der Waals surface area contributed by atoms with Gasteiger partial charge in [-0.2, -0.15) is 0 Å². The minimum Gasteiger partial charge on any atom is -0.303 e. The summed E-state index contributed by atoms with van der Waals surface area (Å²) in [6, 6.07) is 0. The maximum absolute atomic E-state index is 8.88. The fraction of sp³-hybridized carbons (Fsp3) is 1.00. The Balaban J connectivity index is -0.0000000495. The molecule has 0 aliphatic rings. The fourth-order valence-electron chi connectivity index (χ4n) is 0. The molecule has 92 valence electrons. The smallest absolute Gasteiger partial charge is 0.303 e. The van der Waals surface area contributed by atoms with Crippen LogP contribution in [0.2, 0.25) is 0 Å². The first-order valence-corrected chi connectivity index (χ1v) is 8.14. The van der Waals surface area contributed by atoms with Gasteiger partial charge in [0.15, 0.2) is 0 Å². The Morgan fingerprint density at radius 1 is 0.857 bits per heavy atom. The van der Waals surface area contributed by atoms with E-state index in [2.05, 4.69) is 48.5 Å². The SMILES string of the molecule is CCP.CCP.CCP.O=P(O)(O)O. The molecular weight excluding hydrogens is 260 g/mol. The quantitative estimate of drug-likeness (QED) is 0.592. The van der Waals surface area contributed by atoms with E-state index in [0.717, 1.165) is 0 Å². The van der Waals surface area contributed by atoms with E-state index >= 15 is 0 Å². The van der Waals surface area contributed by atoms with Gasteiger partial charge in [0.25, 0.3) is 0 Å². The molecule has 3 atom stereocenters. The zero-order valence-corrected chi connectivity index (χ0v) is 13.4. The molecule has 3 N–H and O–H groups in total. The van der Waals surface area contributed by atoms with Gasteiger partial charge >= 0.3 is 7.82 Å². The summed E-state index contributed by atoms with van der Waals surface area (Å²) in [6.45, 7) is 6.26. The first-order valence-electron chi connectivity index (χ1n) is 4.13. The van der Waals surface area contributed by atoms with Crippen LogP contribution in [0.1, 0.15) is 20.8 Å². The third kappa shape index (κ3) is 1050. The van der Waals surface area contributed by atoms with Gasteiger partial charge in [-0.15, -0.1) is 27.7 Å². The van der Waals surface area contributed by atoms with Crippen LogP contribution in [-0.4, -0.2) is 33.2 Å². The lowest BCUT2D eigenvalue weighted by molar-refractivity contribution is 0.275. The molecule has 3 unspecified atom stereocenters. The minimum atomic E-state index is -4.64. The Bertz CT molecular complexity index is 93.0. The van der Waals surface area contributed by atoms with Crippen molar-refractivity contribution in [3.8, 4) is 0 Å². The van der Waals surface area contributed by atoms with Crippen LogP contribution in [0.4, 0.5) is 0 Å². The second-order valence-corrected chi connectivity index (χ2v) is 5.21. The Hall–Kier alpha value is 1.40. The molecule has 0 saturated heterocycles. The van der Waals surface area contributed by atoms with E-state index in [4.69, 9.17) is 19.2 Å². The molecule has 0 rings (SSSR count). The summed E-state index contributed by atoms with van der Waals surface area (Å²) in [6.07, 6.45) is 3.50. The molecule has 0 aromatic heterocycles. The van der Waals surface area contributed by atoms with Gasteiger partial charge in [-0.25, -0.2) is 4.57 Å². The van der Waals surface area contributed by atoms with Crippen molar-refractivity contribution in [2.45, 2.75) is 20.8 Å². The van der Waals surface area contributed by atoms with Gasteiger partial charge in [0.05, 0.1) is 0 Å². The van der Waals surface area contributed by atoms with E-state index in [0.29, 0.717) is 0 Å². The lowest BCUT2D eigenvalue weighted by Gasteiger charge is -1.82. The van der Waals surface area contributed by atoms with Gasteiger partial charge in [0, 0.05) is 0 Å². The highest BCUT2D eigenvalue weighted by molar-refractivity contribution is 7.45. The predicted octanol–water partition coefficient (Wildman–Crippen LogP) is 1.72. The molecule has 4 nitrogen and oxygen atoms in total.